The van der Waals surface area contributed by atoms with Crippen molar-refractivity contribution >= 4 is 51.4 Å². The number of benzene rings is 3. The van der Waals surface area contributed by atoms with Crippen LogP contribution in [0.4, 0.5) is 0 Å². The maximum absolute atomic E-state index is 14.2. The van der Waals surface area contributed by atoms with E-state index in [9.17, 15) is 9.59 Å². The Bertz CT molecular complexity index is 1840. The van der Waals surface area contributed by atoms with Gasteiger partial charge in [0, 0.05) is 81.8 Å². The monoisotopic (exact) mass is 587 g/mol. The molecule has 42 heavy (non-hydrogen) atoms. The molecule has 209 valence electrons. The summed E-state index contributed by atoms with van der Waals surface area (Å²) >= 11 is 0. The van der Waals surface area contributed by atoms with Crippen LogP contribution in [0, 0.1) is 0 Å². The van der Waals surface area contributed by atoms with Crippen LogP contribution in [0.1, 0.15) is 55.4 Å². The van der Waals surface area contributed by atoms with Gasteiger partial charge >= 0.3 is 5.76 Å². The van der Waals surface area contributed by atoms with Gasteiger partial charge in [-0.15, -0.1) is 0 Å². The van der Waals surface area contributed by atoms with Crippen LogP contribution >= 0.6 is 0 Å². The van der Waals surface area contributed by atoms with Gasteiger partial charge in [-0.25, -0.2) is 9.78 Å². The van der Waals surface area contributed by atoms with Crippen molar-refractivity contribution in [3.8, 4) is 34.0 Å². The van der Waals surface area contributed by atoms with Crippen LogP contribution in [0.5, 0.6) is 5.75 Å². The van der Waals surface area contributed by atoms with Crippen LogP contribution < -0.4 is 16.1 Å². The van der Waals surface area contributed by atoms with Crippen molar-refractivity contribution in [2.45, 2.75) is 59.0 Å². The van der Waals surface area contributed by atoms with Crippen LogP contribution in [-0.2, 0) is 25.7 Å². The number of aromatic nitrogens is 4. The Labute approximate surface area is 286 Å². The summed E-state index contributed by atoms with van der Waals surface area (Å²) in [5.41, 5.74) is 7.20. The van der Waals surface area contributed by atoms with Crippen molar-refractivity contribution in [1.82, 2.24) is 19.7 Å². The first-order valence-corrected chi connectivity index (χ1v) is 14.1. The second kappa shape index (κ2) is 13.1. The largest absolute Gasteiger partial charge is 0.490 e. The summed E-state index contributed by atoms with van der Waals surface area (Å²) in [6.45, 7) is 6.21. The first-order chi connectivity index (χ1) is 19.9. The summed E-state index contributed by atoms with van der Waals surface area (Å²) in [4.78, 5) is 33.3. The molecular weight excluding hydrogens is 555 g/mol. The maximum atomic E-state index is 14.2. The Balaban J connectivity index is 0.00000353. The fourth-order valence-electron chi connectivity index (χ4n) is 5.61. The molecule has 6 rings (SSSR count). The minimum absolute atomic E-state index is 0. The number of hydrogen-bond donors (Lipinski definition) is 1. The summed E-state index contributed by atoms with van der Waals surface area (Å²) < 4.78 is 12.4. The van der Waals surface area contributed by atoms with Crippen LogP contribution in [0.25, 0.3) is 28.2 Å². The fourth-order valence-corrected chi connectivity index (χ4v) is 5.61. The van der Waals surface area contributed by atoms with Crippen molar-refractivity contribution in [2.75, 3.05) is 0 Å². The Morgan fingerprint density at radius 1 is 1.00 bits per heavy atom. The minimum Gasteiger partial charge on any atom is -0.490 e. The second-order valence-electron chi connectivity index (χ2n) is 10.5. The molecule has 1 aliphatic rings. The zero-order valence-electron chi connectivity index (χ0n) is 24.4. The molecule has 9 heteroatoms. The standard InChI is InChI=1S/C33H32N4O4.K/c1-4-8-28-27(32(38)37(30(5-2)34-28)24-15-16-29-23(19-24)17-20(3)40-29)18-21-11-13-22(14-12-21)25-9-6-7-10-26(25)31-35-33(39)41-36-31;/h6-7,9-16,19-20H,4-5,8,17-18H2,1-3H3,(H,35,36,39);. The normalized spacial score (nSPS) is 13.8. The predicted molar refractivity (Wildman–Crippen MR) is 164 cm³/mol. The van der Waals surface area contributed by atoms with Gasteiger partial charge in [0.2, 0.25) is 0 Å². The van der Waals surface area contributed by atoms with E-state index < -0.39 is 5.76 Å². The zero-order valence-corrected chi connectivity index (χ0v) is 27.6. The van der Waals surface area contributed by atoms with Crippen LogP contribution in [0.15, 0.2) is 80.8 Å². The number of aromatic amines is 1. The van der Waals surface area contributed by atoms with E-state index in [1.807, 2.05) is 67.6 Å². The van der Waals surface area contributed by atoms with Gasteiger partial charge in [0.15, 0.2) is 5.82 Å². The van der Waals surface area contributed by atoms with E-state index in [1.54, 1.807) is 4.57 Å². The van der Waals surface area contributed by atoms with Crippen LogP contribution in [0.3, 0.4) is 0 Å². The summed E-state index contributed by atoms with van der Waals surface area (Å²) in [7, 11) is 0. The van der Waals surface area contributed by atoms with Crippen molar-refractivity contribution in [1.29, 1.82) is 0 Å². The first kappa shape index (κ1) is 30.4. The molecule has 1 unspecified atom stereocenters. The minimum atomic E-state index is -0.593. The molecule has 3 heterocycles. The average molecular weight is 588 g/mol. The Morgan fingerprint density at radius 3 is 2.45 bits per heavy atom. The molecule has 3 aromatic carbocycles. The van der Waals surface area contributed by atoms with Crippen molar-refractivity contribution in [2.24, 2.45) is 0 Å². The average Bonchev–Trinajstić information content (AvgIpc) is 3.59. The van der Waals surface area contributed by atoms with Crippen LogP contribution in [0.2, 0.25) is 0 Å². The van der Waals surface area contributed by atoms with Gasteiger partial charge in [-0.2, -0.15) is 0 Å². The number of fused-ring (bicyclic) bond motifs is 1. The third kappa shape index (κ3) is 6.02. The first-order valence-electron chi connectivity index (χ1n) is 14.1. The molecule has 0 amide bonds. The van der Waals surface area contributed by atoms with E-state index in [4.69, 9.17) is 14.2 Å². The number of ether oxygens (including phenoxy) is 1. The summed E-state index contributed by atoms with van der Waals surface area (Å²) in [6.07, 6.45) is 3.75. The molecule has 0 saturated heterocycles. The number of hydrogen-bond acceptors (Lipinski definition) is 6. The Hall–Kier alpha value is -3.08. The predicted octanol–water partition coefficient (Wildman–Crippen LogP) is 5.29. The zero-order chi connectivity index (χ0) is 28.5. The van der Waals surface area contributed by atoms with E-state index in [1.165, 1.54) is 0 Å². The molecule has 0 spiro atoms. The molecule has 8 nitrogen and oxygen atoms in total. The molecule has 5 aromatic rings. The van der Waals surface area contributed by atoms with E-state index >= 15 is 0 Å². The SMILES string of the molecule is CCCc1nc(CC)n(-c2ccc3c(c2)CC(C)O3)c(=O)c1Cc1ccc(-c2ccccc2-c2noc(=O)[nH]2)cc1.[K]. The molecule has 1 radical (unpaired) electrons. The fraction of sp³-hybridized carbons (Fsp3) is 0.273. The van der Waals surface area contributed by atoms with Gasteiger partial charge < -0.3 is 4.74 Å². The van der Waals surface area contributed by atoms with Gasteiger partial charge in [-0.3, -0.25) is 18.9 Å². The van der Waals surface area contributed by atoms with Gasteiger partial charge in [-0.05, 0) is 53.8 Å². The van der Waals surface area contributed by atoms with Gasteiger partial charge in [0.25, 0.3) is 5.56 Å². The number of nitrogens with one attached hydrogen (secondary N) is 1. The van der Waals surface area contributed by atoms with E-state index in [2.05, 4.69) is 30.1 Å². The number of H-pyrrole nitrogens is 1. The van der Waals surface area contributed by atoms with E-state index in [0.29, 0.717) is 18.7 Å². The third-order valence-electron chi connectivity index (χ3n) is 7.54. The van der Waals surface area contributed by atoms with Gasteiger partial charge in [0.1, 0.15) is 17.7 Å². The van der Waals surface area contributed by atoms with Crippen molar-refractivity contribution < 1.29 is 9.26 Å². The van der Waals surface area contributed by atoms with E-state index in [0.717, 1.165) is 75.6 Å². The molecule has 2 aromatic heterocycles. The molecule has 1 aliphatic heterocycles. The number of nitrogens with zero attached hydrogens (tertiary/aromatic N) is 3. The Morgan fingerprint density at radius 2 is 1.76 bits per heavy atom. The third-order valence-corrected chi connectivity index (χ3v) is 7.54. The summed E-state index contributed by atoms with van der Waals surface area (Å²) in [5.74, 6) is 1.45. The molecular formula is C33H32KN4O4. The van der Waals surface area contributed by atoms with Gasteiger partial charge in [0.05, 0.1) is 11.4 Å². The smallest absolute Gasteiger partial charge is 0.439 e. The molecule has 0 aliphatic carbocycles. The number of aryl methyl sites for hydroxylation is 2. The second-order valence-corrected chi connectivity index (χ2v) is 10.5. The molecule has 0 saturated carbocycles. The van der Waals surface area contributed by atoms with E-state index in [-0.39, 0.29) is 63.0 Å². The number of rotatable bonds is 8. The molecule has 0 bridgehead atoms. The molecule has 1 atom stereocenters. The molecule has 1 N–H and O–H groups in total. The van der Waals surface area contributed by atoms with Crippen molar-refractivity contribution in [3.05, 3.63) is 116 Å². The quantitative estimate of drug-likeness (QED) is 0.248. The van der Waals surface area contributed by atoms with Crippen LogP contribution in [-0.4, -0.2) is 77.2 Å². The van der Waals surface area contributed by atoms with Crippen molar-refractivity contribution in [3.63, 3.8) is 0 Å². The summed E-state index contributed by atoms with van der Waals surface area (Å²) in [6, 6.07) is 21.8. The summed E-state index contributed by atoms with van der Waals surface area (Å²) in [5, 5.41) is 3.86. The molecule has 0 fully saturated rings. The Kier molecular flexibility index (Phi) is 9.44. The topological polar surface area (TPSA) is 103 Å². The maximum Gasteiger partial charge on any atom is 0.439 e. The van der Waals surface area contributed by atoms with Gasteiger partial charge in [-0.1, -0.05) is 74.0 Å².